The van der Waals surface area contributed by atoms with Crippen molar-refractivity contribution in [1.29, 1.82) is 0 Å². The van der Waals surface area contributed by atoms with Gasteiger partial charge in [-0.25, -0.2) is 0 Å². The fraction of sp³-hybridized carbons (Fsp3) is 0.875. The fourth-order valence-corrected chi connectivity index (χ4v) is 2.21. The first-order chi connectivity index (χ1) is 6.84. The Labute approximate surface area is 88.0 Å². The monoisotopic (exact) mass is 238 g/mol. The van der Waals surface area contributed by atoms with E-state index in [1.54, 1.807) is 6.92 Å². The van der Waals surface area contributed by atoms with Gasteiger partial charge in [-0.1, -0.05) is 6.92 Å². The molecule has 0 radical (unpaired) electrons. The molecular weight excluding hydrogens is 224 g/mol. The lowest BCUT2D eigenvalue weighted by molar-refractivity contribution is -0.153. The molecule has 0 aromatic heterocycles. The van der Waals surface area contributed by atoms with E-state index >= 15 is 0 Å². The molecule has 0 saturated heterocycles. The SMILES string of the molecule is CCCOC(=O)C1(C(O)S(=O)(=O)O)CC1. The zero-order chi connectivity index (χ0) is 11.7. The molecular formula is C8H14O6S. The van der Waals surface area contributed by atoms with Crippen LogP contribution in [-0.2, 0) is 19.6 Å². The third-order valence-corrected chi connectivity index (χ3v) is 3.40. The molecule has 1 saturated carbocycles. The van der Waals surface area contributed by atoms with Gasteiger partial charge in [0.1, 0.15) is 5.41 Å². The van der Waals surface area contributed by atoms with E-state index in [9.17, 15) is 18.3 Å². The lowest BCUT2D eigenvalue weighted by Crippen LogP contribution is -2.37. The Kier molecular flexibility index (Phi) is 3.37. The molecule has 15 heavy (non-hydrogen) atoms. The molecule has 1 aliphatic carbocycles. The zero-order valence-corrected chi connectivity index (χ0v) is 9.16. The Morgan fingerprint density at radius 3 is 2.40 bits per heavy atom. The highest BCUT2D eigenvalue weighted by Gasteiger charge is 2.61. The summed E-state index contributed by atoms with van der Waals surface area (Å²) in [4.78, 5) is 11.4. The summed E-state index contributed by atoms with van der Waals surface area (Å²) in [5.74, 6) is -0.755. The van der Waals surface area contributed by atoms with Gasteiger partial charge in [0.25, 0.3) is 10.1 Å². The van der Waals surface area contributed by atoms with E-state index in [1.807, 2.05) is 0 Å². The molecule has 0 aliphatic heterocycles. The molecule has 1 fully saturated rings. The molecule has 0 aromatic carbocycles. The van der Waals surface area contributed by atoms with Crippen LogP contribution in [0.4, 0.5) is 0 Å². The van der Waals surface area contributed by atoms with Gasteiger partial charge in [-0.3, -0.25) is 9.35 Å². The Balaban J connectivity index is 2.72. The van der Waals surface area contributed by atoms with E-state index in [-0.39, 0.29) is 19.4 Å². The van der Waals surface area contributed by atoms with E-state index in [0.717, 1.165) is 0 Å². The van der Waals surface area contributed by atoms with E-state index < -0.39 is 26.9 Å². The molecule has 0 aromatic rings. The van der Waals surface area contributed by atoms with Crippen molar-refractivity contribution in [3.8, 4) is 0 Å². The number of rotatable bonds is 5. The van der Waals surface area contributed by atoms with Crippen molar-refractivity contribution in [3.63, 3.8) is 0 Å². The molecule has 0 amide bonds. The molecule has 0 spiro atoms. The van der Waals surface area contributed by atoms with Gasteiger partial charge in [0.15, 0.2) is 5.44 Å². The molecule has 1 aliphatic rings. The minimum absolute atomic E-state index is 0.179. The van der Waals surface area contributed by atoms with Crippen molar-refractivity contribution in [2.75, 3.05) is 6.61 Å². The van der Waals surface area contributed by atoms with Crippen molar-refractivity contribution >= 4 is 16.1 Å². The molecule has 0 bridgehead atoms. The second-order valence-electron chi connectivity index (χ2n) is 3.66. The highest BCUT2D eigenvalue weighted by Crippen LogP contribution is 2.51. The van der Waals surface area contributed by atoms with Gasteiger partial charge in [-0.2, -0.15) is 8.42 Å². The minimum Gasteiger partial charge on any atom is -0.465 e. The number of hydrogen-bond donors (Lipinski definition) is 2. The zero-order valence-electron chi connectivity index (χ0n) is 8.34. The predicted octanol–water partition coefficient (Wildman–Crippen LogP) is -0.0740. The number of carbonyl (C=O) groups excluding carboxylic acids is 1. The summed E-state index contributed by atoms with van der Waals surface area (Å²) in [6.07, 6.45) is 1.05. The van der Waals surface area contributed by atoms with Crippen LogP contribution in [-0.4, -0.2) is 36.1 Å². The lowest BCUT2D eigenvalue weighted by Gasteiger charge is -2.17. The van der Waals surface area contributed by atoms with Crippen molar-refractivity contribution in [2.24, 2.45) is 5.41 Å². The van der Waals surface area contributed by atoms with Crippen LogP contribution in [0.2, 0.25) is 0 Å². The lowest BCUT2D eigenvalue weighted by atomic mass is 10.1. The van der Waals surface area contributed by atoms with E-state index in [4.69, 9.17) is 9.29 Å². The molecule has 1 unspecified atom stereocenters. The van der Waals surface area contributed by atoms with Crippen LogP contribution >= 0.6 is 0 Å². The number of esters is 1. The van der Waals surface area contributed by atoms with Crippen LogP contribution in [0.3, 0.4) is 0 Å². The number of aliphatic hydroxyl groups is 1. The summed E-state index contributed by atoms with van der Waals surface area (Å²) in [5.41, 5.74) is -3.52. The Bertz CT molecular complexity index is 342. The van der Waals surface area contributed by atoms with Gasteiger partial charge < -0.3 is 9.84 Å². The number of aliphatic hydroxyl groups excluding tert-OH is 1. The first kappa shape index (κ1) is 12.4. The van der Waals surface area contributed by atoms with Crippen LogP contribution in [0.5, 0.6) is 0 Å². The Hall–Kier alpha value is -0.660. The highest BCUT2D eigenvalue weighted by atomic mass is 32.2. The maximum Gasteiger partial charge on any atom is 0.315 e. The second-order valence-corrected chi connectivity index (χ2v) is 5.14. The number of ether oxygens (including phenoxy) is 1. The van der Waals surface area contributed by atoms with Crippen molar-refractivity contribution in [3.05, 3.63) is 0 Å². The molecule has 1 rings (SSSR count). The number of hydrogen-bond acceptors (Lipinski definition) is 5. The summed E-state index contributed by atoms with van der Waals surface area (Å²) in [5, 5.41) is 9.31. The van der Waals surface area contributed by atoms with Crippen molar-refractivity contribution in [2.45, 2.75) is 31.6 Å². The van der Waals surface area contributed by atoms with E-state index in [2.05, 4.69) is 0 Å². The molecule has 7 heteroatoms. The molecule has 0 heterocycles. The maximum atomic E-state index is 11.4. The first-order valence-corrected chi connectivity index (χ1v) is 6.16. The quantitative estimate of drug-likeness (QED) is 0.513. The van der Waals surface area contributed by atoms with Crippen molar-refractivity contribution < 1.29 is 27.6 Å². The molecule has 88 valence electrons. The second kappa shape index (κ2) is 4.07. The van der Waals surface area contributed by atoms with Crippen molar-refractivity contribution in [1.82, 2.24) is 0 Å². The van der Waals surface area contributed by atoms with Crippen LogP contribution in [0.15, 0.2) is 0 Å². The van der Waals surface area contributed by atoms with Crippen LogP contribution in [0.1, 0.15) is 26.2 Å². The van der Waals surface area contributed by atoms with Crippen LogP contribution in [0, 0.1) is 5.41 Å². The number of carbonyl (C=O) groups is 1. The average Bonchev–Trinajstić information content (AvgIpc) is 2.92. The summed E-state index contributed by atoms with van der Waals surface area (Å²) in [7, 11) is -4.61. The van der Waals surface area contributed by atoms with Gasteiger partial charge in [-0.05, 0) is 19.3 Å². The summed E-state index contributed by atoms with van der Waals surface area (Å²) in [6.45, 7) is 1.98. The van der Waals surface area contributed by atoms with E-state index in [1.165, 1.54) is 0 Å². The van der Waals surface area contributed by atoms with Gasteiger partial charge in [0.05, 0.1) is 6.61 Å². The molecule has 1 atom stereocenters. The van der Waals surface area contributed by atoms with Gasteiger partial charge in [-0.15, -0.1) is 0 Å². The normalized spacial score (nSPS) is 20.7. The highest BCUT2D eigenvalue weighted by molar-refractivity contribution is 7.86. The van der Waals surface area contributed by atoms with Crippen LogP contribution in [0.25, 0.3) is 0 Å². The third-order valence-electron chi connectivity index (χ3n) is 2.39. The molecule has 2 N–H and O–H groups in total. The first-order valence-electron chi connectivity index (χ1n) is 4.66. The van der Waals surface area contributed by atoms with Gasteiger partial charge >= 0.3 is 5.97 Å². The van der Waals surface area contributed by atoms with Gasteiger partial charge in [0.2, 0.25) is 0 Å². The topological polar surface area (TPSA) is 101 Å². The van der Waals surface area contributed by atoms with Gasteiger partial charge in [0, 0.05) is 0 Å². The standard InChI is InChI=1S/C8H14O6S/c1-2-5-14-6(9)8(3-4-8)7(10)15(11,12)13/h7,10H,2-5H2,1H3,(H,11,12,13). The maximum absolute atomic E-state index is 11.4. The predicted molar refractivity (Wildman–Crippen MR) is 50.5 cm³/mol. The summed E-state index contributed by atoms with van der Waals surface area (Å²) in [6, 6.07) is 0. The molecule has 6 nitrogen and oxygen atoms in total. The Morgan fingerprint density at radius 2 is 2.07 bits per heavy atom. The Morgan fingerprint density at radius 1 is 1.53 bits per heavy atom. The fourth-order valence-electron chi connectivity index (χ4n) is 1.31. The third kappa shape index (κ3) is 2.47. The summed E-state index contributed by atoms with van der Waals surface area (Å²) < 4.78 is 34.8. The average molecular weight is 238 g/mol. The van der Waals surface area contributed by atoms with E-state index in [0.29, 0.717) is 6.42 Å². The largest absolute Gasteiger partial charge is 0.465 e. The smallest absolute Gasteiger partial charge is 0.315 e. The summed E-state index contributed by atoms with van der Waals surface area (Å²) >= 11 is 0. The van der Waals surface area contributed by atoms with Crippen LogP contribution < -0.4 is 0 Å². The minimum atomic E-state index is -4.61.